The van der Waals surface area contributed by atoms with Crippen LogP contribution in [0.15, 0.2) is 10.5 Å². The lowest BCUT2D eigenvalue weighted by atomic mass is 10.5. The van der Waals surface area contributed by atoms with Crippen molar-refractivity contribution < 1.29 is 13.2 Å². The molecule has 3 nitrogen and oxygen atoms in total. The molecule has 0 amide bonds. The van der Waals surface area contributed by atoms with Gasteiger partial charge in [-0.3, -0.25) is 5.43 Å². The maximum Gasteiger partial charge on any atom is 0.434 e. The summed E-state index contributed by atoms with van der Waals surface area (Å²) in [6.07, 6.45) is -4.39. The Bertz CT molecular complexity index is 338. The first-order chi connectivity index (χ1) is 6.39. The van der Waals surface area contributed by atoms with Crippen LogP contribution in [0.3, 0.4) is 0 Å². The molecule has 0 bridgehead atoms. The average Bonchev–Trinajstić information content (AvgIpc) is 2.47. The smallest absolute Gasteiger partial charge is 0.253 e. The number of hydrazone groups is 1. The third-order valence-electron chi connectivity index (χ3n) is 1.17. The fraction of sp³-hybridized carbons (Fsp3) is 0.429. The fourth-order valence-electron chi connectivity index (χ4n) is 0.615. The van der Waals surface area contributed by atoms with Crippen molar-refractivity contribution in [3.63, 3.8) is 0 Å². The highest BCUT2D eigenvalue weighted by molar-refractivity contribution is 7.13. The van der Waals surface area contributed by atoms with Gasteiger partial charge >= 0.3 is 6.18 Å². The van der Waals surface area contributed by atoms with Gasteiger partial charge in [-0.15, -0.1) is 11.3 Å². The van der Waals surface area contributed by atoms with Gasteiger partial charge in [-0.2, -0.15) is 18.3 Å². The van der Waals surface area contributed by atoms with E-state index < -0.39 is 11.9 Å². The molecule has 1 rings (SSSR count). The van der Waals surface area contributed by atoms with Gasteiger partial charge in [0, 0.05) is 11.1 Å². The third-order valence-corrected chi connectivity index (χ3v) is 1.92. The maximum absolute atomic E-state index is 12.1. The molecular weight excluding hydrogens is 215 g/mol. The molecule has 78 valence electrons. The molecule has 1 heterocycles. The molecule has 0 aromatic carbocycles. The monoisotopic (exact) mass is 223 g/mol. The van der Waals surface area contributed by atoms with E-state index in [1.165, 1.54) is 0 Å². The van der Waals surface area contributed by atoms with Crippen LogP contribution in [0.5, 0.6) is 0 Å². The Labute approximate surface area is 82.7 Å². The minimum atomic E-state index is -4.39. The highest BCUT2D eigenvalue weighted by Gasteiger charge is 2.33. The number of anilines is 1. The molecule has 1 N–H and O–H groups in total. The molecule has 0 saturated carbocycles. The summed E-state index contributed by atoms with van der Waals surface area (Å²) in [5, 5.41) is 4.82. The topological polar surface area (TPSA) is 37.3 Å². The number of hydrogen-bond acceptors (Lipinski definition) is 4. The van der Waals surface area contributed by atoms with Crippen molar-refractivity contribution in [2.75, 3.05) is 5.43 Å². The number of aromatic nitrogens is 1. The largest absolute Gasteiger partial charge is 0.434 e. The van der Waals surface area contributed by atoms with Crippen LogP contribution in [0, 0.1) is 0 Å². The van der Waals surface area contributed by atoms with Crippen LogP contribution in [-0.4, -0.2) is 10.7 Å². The molecule has 0 atom stereocenters. The van der Waals surface area contributed by atoms with Crippen molar-refractivity contribution in [1.29, 1.82) is 0 Å². The number of thiazole rings is 1. The lowest BCUT2D eigenvalue weighted by Crippen LogP contribution is -2.05. The van der Waals surface area contributed by atoms with E-state index in [1.54, 1.807) is 13.8 Å². The molecule has 0 aliphatic heterocycles. The van der Waals surface area contributed by atoms with Gasteiger partial charge in [0.1, 0.15) is 0 Å². The highest BCUT2D eigenvalue weighted by atomic mass is 32.1. The van der Waals surface area contributed by atoms with Crippen LogP contribution in [0.2, 0.25) is 0 Å². The summed E-state index contributed by atoms with van der Waals surface area (Å²) < 4.78 is 36.2. The van der Waals surface area contributed by atoms with Gasteiger partial charge in [0.25, 0.3) is 0 Å². The van der Waals surface area contributed by atoms with E-state index in [-0.39, 0.29) is 5.13 Å². The number of hydrogen-bond donors (Lipinski definition) is 1. The third kappa shape index (κ3) is 2.99. The predicted octanol–water partition coefficient (Wildman–Crippen LogP) is 2.97. The number of nitrogens with zero attached hydrogens (tertiary/aromatic N) is 2. The summed E-state index contributed by atoms with van der Waals surface area (Å²) in [4.78, 5) is 3.33. The van der Waals surface area contributed by atoms with Crippen molar-refractivity contribution in [2.45, 2.75) is 20.0 Å². The van der Waals surface area contributed by atoms with Crippen LogP contribution in [-0.2, 0) is 6.18 Å². The van der Waals surface area contributed by atoms with Crippen LogP contribution >= 0.6 is 11.3 Å². The Hall–Kier alpha value is -1.11. The molecule has 7 heteroatoms. The molecule has 14 heavy (non-hydrogen) atoms. The van der Waals surface area contributed by atoms with Crippen LogP contribution in [0.4, 0.5) is 18.3 Å². The lowest BCUT2D eigenvalue weighted by Gasteiger charge is -1.99. The quantitative estimate of drug-likeness (QED) is 0.618. The first kappa shape index (κ1) is 11.0. The molecule has 0 radical (unpaired) electrons. The SMILES string of the molecule is CC(C)=NNc1nc(C(F)(F)F)cs1. The standard InChI is InChI=1S/C7H8F3N3S/c1-4(2)12-13-6-11-5(3-14-6)7(8,9)10/h3H,1-2H3,(H,11,13). The second-order valence-electron chi connectivity index (χ2n) is 2.71. The van der Waals surface area contributed by atoms with E-state index in [0.717, 1.165) is 16.7 Å². The summed E-state index contributed by atoms with van der Waals surface area (Å²) in [5.41, 5.74) is 2.25. The summed E-state index contributed by atoms with van der Waals surface area (Å²) in [6, 6.07) is 0. The average molecular weight is 223 g/mol. The van der Waals surface area contributed by atoms with Gasteiger partial charge < -0.3 is 0 Å². The van der Waals surface area contributed by atoms with E-state index in [4.69, 9.17) is 0 Å². The summed E-state index contributed by atoms with van der Waals surface area (Å²) in [5.74, 6) is 0. The molecular formula is C7H8F3N3S. The van der Waals surface area contributed by atoms with Crippen LogP contribution in [0.1, 0.15) is 19.5 Å². The normalized spacial score (nSPS) is 11.2. The van der Waals surface area contributed by atoms with Crippen LogP contribution in [0.25, 0.3) is 0 Å². The van der Waals surface area contributed by atoms with Gasteiger partial charge in [-0.1, -0.05) is 0 Å². The van der Waals surface area contributed by atoms with Gasteiger partial charge in [0.2, 0.25) is 5.13 Å². The number of alkyl halides is 3. The van der Waals surface area contributed by atoms with E-state index in [0.29, 0.717) is 5.71 Å². The highest BCUT2D eigenvalue weighted by Crippen LogP contribution is 2.31. The van der Waals surface area contributed by atoms with E-state index in [9.17, 15) is 13.2 Å². The number of nitrogens with one attached hydrogen (secondary N) is 1. The molecule has 0 spiro atoms. The fourth-order valence-corrected chi connectivity index (χ4v) is 1.27. The Kier molecular flexibility index (Phi) is 3.10. The number of rotatable bonds is 2. The van der Waals surface area contributed by atoms with Gasteiger partial charge in [-0.05, 0) is 13.8 Å². The number of halogens is 3. The van der Waals surface area contributed by atoms with Crippen molar-refractivity contribution in [2.24, 2.45) is 5.10 Å². The zero-order chi connectivity index (χ0) is 10.8. The molecule has 0 saturated heterocycles. The van der Waals surface area contributed by atoms with Gasteiger partial charge in [0.05, 0.1) is 0 Å². The minimum absolute atomic E-state index is 0.138. The van der Waals surface area contributed by atoms with E-state index in [2.05, 4.69) is 15.5 Å². The van der Waals surface area contributed by atoms with Crippen molar-refractivity contribution in [3.8, 4) is 0 Å². The first-order valence-corrected chi connectivity index (χ1v) is 4.57. The van der Waals surface area contributed by atoms with Gasteiger partial charge in [0.15, 0.2) is 5.69 Å². The Morgan fingerprint density at radius 2 is 2.14 bits per heavy atom. The van der Waals surface area contributed by atoms with Crippen LogP contribution < -0.4 is 5.43 Å². The Morgan fingerprint density at radius 3 is 2.57 bits per heavy atom. The summed E-state index contributed by atoms with van der Waals surface area (Å²) in [6.45, 7) is 3.45. The second kappa shape index (κ2) is 3.95. The Morgan fingerprint density at radius 1 is 1.50 bits per heavy atom. The summed E-state index contributed by atoms with van der Waals surface area (Å²) >= 11 is 0.869. The second-order valence-corrected chi connectivity index (χ2v) is 3.56. The Balaban J connectivity index is 2.74. The van der Waals surface area contributed by atoms with Crippen molar-refractivity contribution in [1.82, 2.24) is 4.98 Å². The van der Waals surface area contributed by atoms with Gasteiger partial charge in [-0.25, -0.2) is 4.98 Å². The zero-order valence-electron chi connectivity index (χ0n) is 7.51. The maximum atomic E-state index is 12.1. The molecule has 1 aromatic heterocycles. The van der Waals surface area contributed by atoms with Crippen molar-refractivity contribution >= 4 is 22.2 Å². The predicted molar refractivity (Wildman–Crippen MR) is 49.5 cm³/mol. The molecule has 1 aromatic rings. The first-order valence-electron chi connectivity index (χ1n) is 3.69. The molecule has 0 unspecified atom stereocenters. The zero-order valence-corrected chi connectivity index (χ0v) is 8.33. The van der Waals surface area contributed by atoms with E-state index >= 15 is 0 Å². The lowest BCUT2D eigenvalue weighted by molar-refractivity contribution is -0.140. The minimum Gasteiger partial charge on any atom is -0.253 e. The molecule has 0 fully saturated rings. The molecule has 0 aliphatic carbocycles. The van der Waals surface area contributed by atoms with E-state index in [1.807, 2.05) is 0 Å². The van der Waals surface area contributed by atoms with Crippen molar-refractivity contribution in [3.05, 3.63) is 11.1 Å². The molecule has 0 aliphatic rings. The summed E-state index contributed by atoms with van der Waals surface area (Å²) in [7, 11) is 0.